The van der Waals surface area contributed by atoms with Crippen molar-refractivity contribution in [3.63, 3.8) is 0 Å². The van der Waals surface area contributed by atoms with Crippen LogP contribution >= 0.6 is 22.9 Å². The van der Waals surface area contributed by atoms with Crippen molar-refractivity contribution in [3.8, 4) is 5.75 Å². The highest BCUT2D eigenvalue weighted by Gasteiger charge is 2.08. The van der Waals surface area contributed by atoms with Gasteiger partial charge in [0.15, 0.2) is 0 Å². The second kappa shape index (κ2) is 8.79. The standard InChI is InChI=1S/C24H19ClN4OS/c25-19-8-2-5-11-22(19)30-14-13-29-16-17(18-7-1-4-10-21(18)29)15-26-28-24-27-20-9-3-6-12-23(20)31-24/h1-12,15-16H,13-14H2,(H,27,28)/b26-15+. The molecule has 0 fully saturated rings. The molecule has 0 aliphatic heterocycles. The number of thiazole rings is 1. The molecular formula is C24H19ClN4OS. The molecule has 0 spiro atoms. The summed E-state index contributed by atoms with van der Waals surface area (Å²) >= 11 is 7.76. The highest BCUT2D eigenvalue weighted by Crippen LogP contribution is 2.26. The van der Waals surface area contributed by atoms with Crippen molar-refractivity contribution >= 4 is 55.4 Å². The molecule has 0 atom stereocenters. The van der Waals surface area contributed by atoms with Gasteiger partial charge in [0.2, 0.25) is 5.13 Å². The van der Waals surface area contributed by atoms with Gasteiger partial charge in [0.1, 0.15) is 12.4 Å². The Morgan fingerprint density at radius 1 is 1.03 bits per heavy atom. The van der Waals surface area contributed by atoms with Gasteiger partial charge < -0.3 is 9.30 Å². The summed E-state index contributed by atoms with van der Waals surface area (Å²) < 4.78 is 9.17. The van der Waals surface area contributed by atoms with Crippen molar-refractivity contribution in [3.05, 3.63) is 89.6 Å². The fourth-order valence-electron chi connectivity index (χ4n) is 3.46. The number of hydrazone groups is 1. The predicted molar refractivity (Wildman–Crippen MR) is 130 cm³/mol. The molecule has 154 valence electrons. The number of fused-ring (bicyclic) bond motifs is 2. The molecule has 1 N–H and O–H groups in total. The number of anilines is 1. The molecule has 0 saturated heterocycles. The van der Waals surface area contributed by atoms with Crippen LogP contribution in [-0.4, -0.2) is 22.4 Å². The molecule has 0 amide bonds. The summed E-state index contributed by atoms with van der Waals surface area (Å²) in [7, 11) is 0. The Hall–Kier alpha value is -3.35. The van der Waals surface area contributed by atoms with E-state index in [0.29, 0.717) is 23.9 Å². The molecule has 0 saturated carbocycles. The first-order valence-corrected chi connectivity index (χ1v) is 11.1. The quantitative estimate of drug-likeness (QED) is 0.231. The monoisotopic (exact) mass is 446 g/mol. The zero-order valence-electron chi connectivity index (χ0n) is 16.5. The van der Waals surface area contributed by atoms with Gasteiger partial charge in [-0.15, -0.1) is 0 Å². The molecule has 2 aromatic heterocycles. The lowest BCUT2D eigenvalue weighted by Gasteiger charge is -2.09. The minimum Gasteiger partial charge on any atom is -0.490 e. The summed E-state index contributed by atoms with van der Waals surface area (Å²) in [6.45, 7) is 1.22. The second-order valence-electron chi connectivity index (χ2n) is 6.93. The maximum absolute atomic E-state index is 6.18. The van der Waals surface area contributed by atoms with Gasteiger partial charge in [-0.3, -0.25) is 5.43 Å². The van der Waals surface area contributed by atoms with Gasteiger partial charge in [0.25, 0.3) is 0 Å². The molecule has 0 radical (unpaired) electrons. The first-order valence-electron chi connectivity index (χ1n) is 9.88. The Labute approximate surface area is 188 Å². The second-order valence-corrected chi connectivity index (χ2v) is 8.37. The number of rotatable bonds is 7. The zero-order chi connectivity index (χ0) is 21.0. The average Bonchev–Trinajstić information content (AvgIpc) is 3.36. The zero-order valence-corrected chi connectivity index (χ0v) is 18.1. The van der Waals surface area contributed by atoms with E-state index in [1.165, 1.54) is 0 Å². The third-order valence-electron chi connectivity index (χ3n) is 4.90. The number of hydrogen-bond acceptors (Lipinski definition) is 5. The third-order valence-corrected chi connectivity index (χ3v) is 6.16. The fourth-order valence-corrected chi connectivity index (χ4v) is 4.46. The number of aromatic nitrogens is 2. The van der Waals surface area contributed by atoms with Crippen LogP contribution in [0.25, 0.3) is 21.1 Å². The van der Waals surface area contributed by atoms with Gasteiger partial charge in [-0.2, -0.15) is 5.10 Å². The van der Waals surface area contributed by atoms with Gasteiger partial charge in [-0.25, -0.2) is 4.98 Å². The van der Waals surface area contributed by atoms with Gasteiger partial charge in [-0.05, 0) is 30.3 Å². The van der Waals surface area contributed by atoms with Crippen LogP contribution < -0.4 is 10.2 Å². The van der Waals surface area contributed by atoms with E-state index in [4.69, 9.17) is 16.3 Å². The van der Waals surface area contributed by atoms with Gasteiger partial charge in [0, 0.05) is 22.7 Å². The van der Waals surface area contributed by atoms with Gasteiger partial charge >= 0.3 is 0 Å². The lowest BCUT2D eigenvalue weighted by Crippen LogP contribution is -2.07. The van der Waals surface area contributed by atoms with E-state index < -0.39 is 0 Å². The molecule has 0 aliphatic rings. The normalized spacial score (nSPS) is 11.5. The van der Waals surface area contributed by atoms with E-state index in [2.05, 4.69) is 44.5 Å². The number of nitrogens with zero attached hydrogens (tertiary/aromatic N) is 3. The highest BCUT2D eigenvalue weighted by molar-refractivity contribution is 7.22. The summed E-state index contributed by atoms with van der Waals surface area (Å²) in [5, 5.41) is 6.95. The van der Waals surface area contributed by atoms with Gasteiger partial charge in [0.05, 0.1) is 28.0 Å². The van der Waals surface area contributed by atoms with Crippen LogP contribution in [0.5, 0.6) is 5.75 Å². The predicted octanol–water partition coefficient (Wildman–Crippen LogP) is 6.43. The number of nitrogens with one attached hydrogen (secondary N) is 1. The maximum atomic E-state index is 6.18. The van der Waals surface area contributed by atoms with Crippen molar-refractivity contribution < 1.29 is 4.74 Å². The molecule has 2 heterocycles. The Bertz CT molecular complexity index is 1340. The molecule has 5 aromatic rings. The maximum Gasteiger partial charge on any atom is 0.204 e. The number of ether oxygens (including phenoxy) is 1. The first kappa shape index (κ1) is 19.6. The third kappa shape index (κ3) is 4.26. The van der Waals surface area contributed by atoms with Crippen molar-refractivity contribution in [2.24, 2.45) is 5.10 Å². The van der Waals surface area contributed by atoms with Gasteiger partial charge in [-0.1, -0.05) is 65.4 Å². The number of para-hydroxylation sites is 3. The first-order chi connectivity index (χ1) is 15.3. The Kier molecular flexibility index (Phi) is 5.56. The summed E-state index contributed by atoms with van der Waals surface area (Å²) in [4.78, 5) is 4.55. The number of hydrogen-bond donors (Lipinski definition) is 1. The molecule has 31 heavy (non-hydrogen) atoms. The Balaban J connectivity index is 1.32. The number of benzene rings is 3. The summed E-state index contributed by atoms with van der Waals surface area (Å²) in [5.74, 6) is 0.697. The molecule has 0 aliphatic carbocycles. The summed E-state index contributed by atoms with van der Waals surface area (Å²) in [6.07, 6.45) is 3.92. The van der Waals surface area contributed by atoms with Crippen LogP contribution in [0.3, 0.4) is 0 Å². The molecule has 0 bridgehead atoms. The van der Waals surface area contributed by atoms with E-state index >= 15 is 0 Å². The Morgan fingerprint density at radius 2 is 1.84 bits per heavy atom. The van der Waals surface area contributed by atoms with Crippen LogP contribution in [0.4, 0.5) is 5.13 Å². The van der Waals surface area contributed by atoms with Crippen LogP contribution in [0, 0.1) is 0 Å². The smallest absolute Gasteiger partial charge is 0.204 e. The topological polar surface area (TPSA) is 51.4 Å². The average molecular weight is 447 g/mol. The van der Waals surface area contributed by atoms with E-state index in [0.717, 1.165) is 31.8 Å². The van der Waals surface area contributed by atoms with Crippen molar-refractivity contribution in [2.45, 2.75) is 6.54 Å². The van der Waals surface area contributed by atoms with E-state index in [-0.39, 0.29) is 0 Å². The van der Waals surface area contributed by atoms with Crippen molar-refractivity contribution in [1.29, 1.82) is 0 Å². The molecular weight excluding hydrogens is 428 g/mol. The largest absolute Gasteiger partial charge is 0.490 e. The van der Waals surface area contributed by atoms with Crippen molar-refractivity contribution in [1.82, 2.24) is 9.55 Å². The number of halogens is 1. The minimum atomic E-state index is 0.517. The molecule has 3 aromatic carbocycles. The van der Waals surface area contributed by atoms with Crippen LogP contribution in [0.1, 0.15) is 5.56 Å². The lowest BCUT2D eigenvalue weighted by molar-refractivity contribution is 0.300. The van der Waals surface area contributed by atoms with E-state index in [1.807, 2.05) is 60.8 Å². The highest BCUT2D eigenvalue weighted by atomic mass is 35.5. The van der Waals surface area contributed by atoms with E-state index in [9.17, 15) is 0 Å². The summed E-state index contributed by atoms with van der Waals surface area (Å²) in [6, 6.07) is 23.8. The fraction of sp³-hybridized carbons (Fsp3) is 0.0833. The van der Waals surface area contributed by atoms with Crippen LogP contribution in [0.2, 0.25) is 5.02 Å². The van der Waals surface area contributed by atoms with Crippen molar-refractivity contribution in [2.75, 3.05) is 12.0 Å². The molecule has 5 rings (SSSR count). The SMILES string of the molecule is Clc1ccccc1OCCn1cc(/C=N/Nc2nc3ccccc3s2)c2ccccc21. The Morgan fingerprint density at radius 3 is 2.74 bits per heavy atom. The lowest BCUT2D eigenvalue weighted by atomic mass is 10.2. The van der Waals surface area contributed by atoms with Crippen LogP contribution in [0.15, 0.2) is 84.1 Å². The molecule has 7 heteroatoms. The van der Waals surface area contributed by atoms with E-state index in [1.54, 1.807) is 11.3 Å². The summed E-state index contributed by atoms with van der Waals surface area (Å²) in [5.41, 5.74) is 6.19. The molecule has 5 nitrogen and oxygen atoms in total. The molecule has 0 unspecified atom stereocenters. The van der Waals surface area contributed by atoms with Crippen LogP contribution in [-0.2, 0) is 6.54 Å². The minimum absolute atomic E-state index is 0.517.